The highest BCUT2D eigenvalue weighted by molar-refractivity contribution is 5.76. The number of nitrogens with one attached hydrogen (secondary N) is 1. The van der Waals surface area contributed by atoms with E-state index >= 15 is 0 Å². The SMILES string of the molecule is CCCCCCCCCCCCCC/C=C\CCCCCCCCCC(=O)NC(CO)C(O)C(O)CCC/C=C/CC/C=C/CCCCCCCCCCCCCCCCC. The fourth-order valence-corrected chi connectivity index (χ4v) is 8.47. The lowest BCUT2D eigenvalue weighted by Crippen LogP contribution is -2.50. The molecule has 360 valence electrons. The minimum Gasteiger partial charge on any atom is -0.394 e. The maximum absolute atomic E-state index is 12.5. The topological polar surface area (TPSA) is 89.8 Å². The van der Waals surface area contributed by atoms with Gasteiger partial charge < -0.3 is 20.6 Å². The molecule has 0 aromatic rings. The molecular weight excluding hydrogens is 751 g/mol. The summed E-state index contributed by atoms with van der Waals surface area (Å²) in [5.74, 6) is -0.160. The summed E-state index contributed by atoms with van der Waals surface area (Å²) in [7, 11) is 0. The molecule has 0 aliphatic heterocycles. The van der Waals surface area contributed by atoms with Crippen LogP contribution in [0.25, 0.3) is 0 Å². The summed E-state index contributed by atoms with van der Waals surface area (Å²) in [5, 5.41) is 33.7. The Morgan fingerprint density at radius 1 is 0.393 bits per heavy atom. The third-order valence-corrected chi connectivity index (χ3v) is 12.7. The summed E-state index contributed by atoms with van der Waals surface area (Å²) in [6.45, 7) is 4.19. The molecule has 0 saturated heterocycles. The van der Waals surface area contributed by atoms with E-state index in [2.05, 4.69) is 55.6 Å². The molecule has 0 aliphatic carbocycles. The van der Waals surface area contributed by atoms with Crippen molar-refractivity contribution in [2.45, 2.75) is 308 Å². The first-order valence-electron chi connectivity index (χ1n) is 27.3. The molecule has 0 radical (unpaired) electrons. The Labute approximate surface area is 381 Å². The van der Waals surface area contributed by atoms with Gasteiger partial charge in [-0.05, 0) is 77.0 Å². The lowest BCUT2D eigenvalue weighted by molar-refractivity contribution is -0.124. The number of hydrogen-bond donors (Lipinski definition) is 4. The lowest BCUT2D eigenvalue weighted by Gasteiger charge is -2.26. The van der Waals surface area contributed by atoms with Gasteiger partial charge in [0.05, 0.1) is 18.8 Å². The third-order valence-electron chi connectivity index (χ3n) is 12.7. The van der Waals surface area contributed by atoms with Gasteiger partial charge in [-0.15, -0.1) is 0 Å². The zero-order chi connectivity index (χ0) is 44.4. The highest BCUT2D eigenvalue weighted by Gasteiger charge is 2.26. The Hall–Kier alpha value is -1.43. The Bertz CT molecular complexity index is 947. The van der Waals surface area contributed by atoms with E-state index in [1.54, 1.807) is 0 Å². The van der Waals surface area contributed by atoms with Gasteiger partial charge in [-0.25, -0.2) is 0 Å². The van der Waals surface area contributed by atoms with E-state index in [1.165, 1.54) is 218 Å². The van der Waals surface area contributed by atoms with Crippen molar-refractivity contribution in [1.29, 1.82) is 0 Å². The fraction of sp³-hybridized carbons (Fsp3) is 0.875. The number of aliphatic hydroxyl groups excluding tert-OH is 3. The predicted molar refractivity (Wildman–Crippen MR) is 268 cm³/mol. The number of unbranched alkanes of at least 4 members (excludes halogenated alkanes) is 36. The van der Waals surface area contributed by atoms with Crippen LogP contribution < -0.4 is 5.32 Å². The molecule has 0 aromatic heterocycles. The predicted octanol–water partition coefficient (Wildman–Crippen LogP) is 16.7. The maximum Gasteiger partial charge on any atom is 0.220 e. The van der Waals surface area contributed by atoms with Crippen molar-refractivity contribution in [3.05, 3.63) is 36.5 Å². The van der Waals surface area contributed by atoms with Gasteiger partial charge in [-0.2, -0.15) is 0 Å². The van der Waals surface area contributed by atoms with Crippen LogP contribution >= 0.6 is 0 Å². The summed E-state index contributed by atoms with van der Waals surface area (Å²) < 4.78 is 0. The number of carbonyl (C=O) groups is 1. The maximum atomic E-state index is 12.5. The second-order valence-electron chi connectivity index (χ2n) is 18.8. The smallest absolute Gasteiger partial charge is 0.220 e. The highest BCUT2D eigenvalue weighted by atomic mass is 16.3. The van der Waals surface area contributed by atoms with E-state index in [-0.39, 0.29) is 12.5 Å². The minimum atomic E-state index is -1.17. The standard InChI is InChI=1S/C56H107NO4/c1-3-5-7-9-11-13-15-17-19-21-23-25-27-29-30-32-34-36-38-40-42-44-46-48-50-54(59)56(61)53(52-58)57-55(60)51-49-47-45-43-41-39-37-35-33-31-28-26-24-22-20-18-16-14-12-10-8-6-4-2/h31,33-34,36,42,44,53-54,56,58-59,61H,3-30,32,35,37-41,43,45-52H2,1-2H3,(H,57,60)/b33-31-,36-34+,44-42+. The van der Waals surface area contributed by atoms with E-state index in [0.29, 0.717) is 12.8 Å². The molecule has 0 spiro atoms. The van der Waals surface area contributed by atoms with Gasteiger partial charge in [0.2, 0.25) is 5.91 Å². The molecule has 0 saturated carbocycles. The second kappa shape index (κ2) is 51.2. The Kier molecular flexibility index (Phi) is 50.0. The Morgan fingerprint density at radius 3 is 1.00 bits per heavy atom. The van der Waals surface area contributed by atoms with E-state index in [0.717, 1.165) is 44.9 Å². The zero-order valence-electron chi connectivity index (χ0n) is 41.1. The van der Waals surface area contributed by atoms with Gasteiger partial charge in [-0.3, -0.25) is 4.79 Å². The average Bonchev–Trinajstić information content (AvgIpc) is 3.26. The van der Waals surface area contributed by atoms with Crippen molar-refractivity contribution in [3.8, 4) is 0 Å². The molecule has 3 unspecified atom stereocenters. The minimum absolute atomic E-state index is 0.160. The number of carbonyl (C=O) groups excluding carboxylic acids is 1. The van der Waals surface area contributed by atoms with Crippen LogP contribution in [0.15, 0.2) is 36.5 Å². The molecule has 0 aliphatic rings. The van der Waals surface area contributed by atoms with Crippen molar-refractivity contribution in [1.82, 2.24) is 5.32 Å². The van der Waals surface area contributed by atoms with Crippen LogP contribution in [-0.4, -0.2) is 46.1 Å². The number of amides is 1. The highest BCUT2D eigenvalue weighted by Crippen LogP contribution is 2.16. The first-order chi connectivity index (χ1) is 30.1. The molecule has 5 nitrogen and oxygen atoms in total. The van der Waals surface area contributed by atoms with Crippen LogP contribution in [0.1, 0.15) is 290 Å². The van der Waals surface area contributed by atoms with Gasteiger partial charge >= 0.3 is 0 Å². The van der Waals surface area contributed by atoms with Gasteiger partial charge in [0.15, 0.2) is 0 Å². The average molecular weight is 858 g/mol. The number of hydrogen-bond acceptors (Lipinski definition) is 4. The summed E-state index contributed by atoms with van der Waals surface area (Å²) in [6, 6.07) is -0.835. The van der Waals surface area contributed by atoms with Crippen LogP contribution in [0.5, 0.6) is 0 Å². The third kappa shape index (κ3) is 46.4. The van der Waals surface area contributed by atoms with Crippen LogP contribution in [0.3, 0.4) is 0 Å². The zero-order valence-corrected chi connectivity index (χ0v) is 41.1. The number of allylic oxidation sites excluding steroid dienone is 6. The molecule has 4 N–H and O–H groups in total. The summed E-state index contributed by atoms with van der Waals surface area (Å²) in [5.41, 5.74) is 0. The molecule has 1 amide bonds. The van der Waals surface area contributed by atoms with E-state index in [4.69, 9.17) is 0 Å². The first-order valence-corrected chi connectivity index (χ1v) is 27.3. The van der Waals surface area contributed by atoms with Crippen LogP contribution in [0, 0.1) is 0 Å². The molecule has 0 rings (SSSR count). The van der Waals surface area contributed by atoms with Crippen molar-refractivity contribution in [2.24, 2.45) is 0 Å². The molecule has 3 atom stereocenters. The largest absolute Gasteiger partial charge is 0.394 e. The molecule has 5 heteroatoms. The van der Waals surface area contributed by atoms with E-state index in [9.17, 15) is 20.1 Å². The van der Waals surface area contributed by atoms with Gasteiger partial charge in [0, 0.05) is 6.42 Å². The van der Waals surface area contributed by atoms with Gasteiger partial charge in [-0.1, -0.05) is 243 Å². The van der Waals surface area contributed by atoms with Crippen LogP contribution in [-0.2, 0) is 4.79 Å². The quantitative estimate of drug-likeness (QED) is 0.0362. The summed E-state index contributed by atoms with van der Waals surface area (Å²) in [4.78, 5) is 12.5. The van der Waals surface area contributed by atoms with Crippen LogP contribution in [0.2, 0.25) is 0 Å². The van der Waals surface area contributed by atoms with Gasteiger partial charge in [0.1, 0.15) is 6.10 Å². The first kappa shape index (κ1) is 59.6. The van der Waals surface area contributed by atoms with Crippen molar-refractivity contribution in [2.75, 3.05) is 6.61 Å². The number of aliphatic hydroxyl groups is 3. The van der Waals surface area contributed by atoms with Gasteiger partial charge in [0.25, 0.3) is 0 Å². The molecule has 0 heterocycles. The summed E-state index contributed by atoms with van der Waals surface area (Å²) in [6.07, 6.45) is 65.8. The van der Waals surface area contributed by atoms with E-state index < -0.39 is 18.2 Å². The lowest BCUT2D eigenvalue weighted by atomic mass is 10.0. The van der Waals surface area contributed by atoms with Crippen molar-refractivity contribution >= 4 is 5.91 Å². The molecule has 0 fully saturated rings. The Morgan fingerprint density at radius 2 is 0.672 bits per heavy atom. The molecular formula is C56H107NO4. The monoisotopic (exact) mass is 858 g/mol. The van der Waals surface area contributed by atoms with Crippen LogP contribution in [0.4, 0.5) is 0 Å². The fourth-order valence-electron chi connectivity index (χ4n) is 8.47. The molecule has 0 bridgehead atoms. The van der Waals surface area contributed by atoms with Crippen molar-refractivity contribution in [3.63, 3.8) is 0 Å². The van der Waals surface area contributed by atoms with E-state index in [1.807, 2.05) is 0 Å². The molecule has 61 heavy (non-hydrogen) atoms. The summed E-state index contributed by atoms with van der Waals surface area (Å²) >= 11 is 0. The molecule has 0 aromatic carbocycles. The second-order valence-corrected chi connectivity index (χ2v) is 18.8. The number of rotatable bonds is 50. The normalized spacial score (nSPS) is 13.6. The van der Waals surface area contributed by atoms with Crippen molar-refractivity contribution < 1.29 is 20.1 Å². The Balaban J connectivity index is 3.62.